The fraction of sp³-hybridized carbons (Fsp3) is 0.556. The summed E-state index contributed by atoms with van der Waals surface area (Å²) in [5.41, 5.74) is 0.556. The van der Waals surface area contributed by atoms with E-state index in [1.807, 2.05) is 4.90 Å². The summed E-state index contributed by atoms with van der Waals surface area (Å²) < 4.78 is 10.4. The van der Waals surface area contributed by atoms with Gasteiger partial charge in [-0.15, -0.1) is 0 Å². The summed E-state index contributed by atoms with van der Waals surface area (Å²) in [4.78, 5) is 26.3. The highest BCUT2D eigenvalue weighted by atomic mass is 16.5. The van der Waals surface area contributed by atoms with Gasteiger partial charge in [0.15, 0.2) is 0 Å². The highest BCUT2D eigenvalue weighted by molar-refractivity contribution is 5.91. The van der Waals surface area contributed by atoms with Crippen LogP contribution in [0.3, 0.4) is 0 Å². The van der Waals surface area contributed by atoms with E-state index in [-0.39, 0.29) is 23.9 Å². The van der Waals surface area contributed by atoms with Crippen LogP contribution in [0.25, 0.3) is 0 Å². The number of carbonyl (C=O) groups excluding carboxylic acids is 2. The first-order chi connectivity index (χ1) is 12.1. The van der Waals surface area contributed by atoms with Crippen molar-refractivity contribution in [3.8, 4) is 11.5 Å². The van der Waals surface area contributed by atoms with Crippen LogP contribution < -0.4 is 20.1 Å². The number of carbonyl (C=O) groups is 2. The summed E-state index contributed by atoms with van der Waals surface area (Å²) in [6.45, 7) is 1.42. The zero-order valence-corrected chi connectivity index (χ0v) is 14.7. The molecule has 7 heteroatoms. The average molecular weight is 347 g/mol. The van der Waals surface area contributed by atoms with Crippen LogP contribution >= 0.6 is 0 Å². The van der Waals surface area contributed by atoms with Gasteiger partial charge in [-0.05, 0) is 37.8 Å². The predicted octanol–water partition coefficient (Wildman–Crippen LogP) is 2.23. The zero-order valence-electron chi connectivity index (χ0n) is 14.7. The van der Waals surface area contributed by atoms with Gasteiger partial charge in [-0.2, -0.15) is 0 Å². The fourth-order valence-electron chi connectivity index (χ4n) is 3.09. The number of nitrogens with zero attached hydrogens (tertiary/aromatic N) is 1. The lowest BCUT2D eigenvalue weighted by atomic mass is 10.0. The van der Waals surface area contributed by atoms with Crippen molar-refractivity contribution in [3.63, 3.8) is 0 Å². The Labute approximate surface area is 147 Å². The largest absolute Gasteiger partial charge is 0.497 e. The maximum Gasteiger partial charge on any atom is 0.319 e. The van der Waals surface area contributed by atoms with Crippen molar-refractivity contribution in [3.05, 3.63) is 18.2 Å². The lowest BCUT2D eigenvalue weighted by Crippen LogP contribution is -2.47. The van der Waals surface area contributed by atoms with E-state index < -0.39 is 0 Å². The summed E-state index contributed by atoms with van der Waals surface area (Å²) in [5, 5.41) is 5.79. The lowest BCUT2D eigenvalue weighted by Gasteiger charge is -2.32. The van der Waals surface area contributed by atoms with Gasteiger partial charge in [0, 0.05) is 31.1 Å². The molecule has 1 saturated carbocycles. The quantitative estimate of drug-likeness (QED) is 0.856. The summed E-state index contributed by atoms with van der Waals surface area (Å²) in [6.07, 6.45) is 3.62. The fourth-order valence-corrected chi connectivity index (χ4v) is 3.09. The Hall–Kier alpha value is -2.44. The maximum absolute atomic E-state index is 12.3. The van der Waals surface area contributed by atoms with Gasteiger partial charge in [-0.1, -0.05) is 0 Å². The minimum atomic E-state index is -0.279. The molecule has 2 fully saturated rings. The van der Waals surface area contributed by atoms with E-state index in [4.69, 9.17) is 9.47 Å². The zero-order chi connectivity index (χ0) is 17.8. The second-order valence-corrected chi connectivity index (χ2v) is 6.54. The molecule has 1 aliphatic heterocycles. The molecule has 136 valence electrons. The van der Waals surface area contributed by atoms with E-state index in [0.717, 1.165) is 25.7 Å². The molecule has 0 radical (unpaired) electrons. The Morgan fingerprint density at radius 3 is 2.40 bits per heavy atom. The van der Waals surface area contributed by atoms with Crippen molar-refractivity contribution in [1.82, 2.24) is 10.2 Å². The van der Waals surface area contributed by atoms with Crippen molar-refractivity contribution in [2.45, 2.75) is 31.7 Å². The number of hydrogen-bond donors (Lipinski definition) is 2. The molecule has 2 N–H and O–H groups in total. The van der Waals surface area contributed by atoms with Crippen molar-refractivity contribution in [2.75, 3.05) is 32.6 Å². The van der Waals surface area contributed by atoms with Gasteiger partial charge < -0.3 is 25.0 Å². The molecule has 3 amide bonds. The number of urea groups is 1. The topological polar surface area (TPSA) is 79.9 Å². The first-order valence-corrected chi connectivity index (χ1v) is 8.69. The van der Waals surface area contributed by atoms with Gasteiger partial charge in [0.2, 0.25) is 5.91 Å². The van der Waals surface area contributed by atoms with Crippen LogP contribution in [0.4, 0.5) is 10.5 Å². The summed E-state index contributed by atoms with van der Waals surface area (Å²) in [5.74, 6) is 1.75. The van der Waals surface area contributed by atoms with E-state index >= 15 is 0 Å². The minimum absolute atomic E-state index is 0.0693. The third-order valence-electron chi connectivity index (χ3n) is 4.72. The Kier molecular flexibility index (Phi) is 5.31. The van der Waals surface area contributed by atoms with E-state index in [0.29, 0.717) is 30.3 Å². The van der Waals surface area contributed by atoms with E-state index in [9.17, 15) is 9.59 Å². The van der Waals surface area contributed by atoms with Gasteiger partial charge in [0.05, 0.1) is 19.9 Å². The molecular weight excluding hydrogens is 322 g/mol. The smallest absolute Gasteiger partial charge is 0.319 e. The number of anilines is 1. The molecule has 1 aromatic rings. The molecule has 3 rings (SSSR count). The third kappa shape index (κ3) is 4.35. The van der Waals surface area contributed by atoms with Crippen molar-refractivity contribution < 1.29 is 19.1 Å². The third-order valence-corrected chi connectivity index (χ3v) is 4.72. The molecule has 1 heterocycles. The van der Waals surface area contributed by atoms with Crippen LogP contribution in [-0.4, -0.2) is 50.2 Å². The maximum atomic E-state index is 12.3. The van der Waals surface area contributed by atoms with Crippen LogP contribution in [0.5, 0.6) is 11.5 Å². The minimum Gasteiger partial charge on any atom is -0.497 e. The number of methoxy groups -OCH3 is 2. The van der Waals surface area contributed by atoms with Gasteiger partial charge in [0.1, 0.15) is 11.5 Å². The Balaban J connectivity index is 1.50. The number of nitrogens with one attached hydrogen (secondary N) is 2. The highest BCUT2D eigenvalue weighted by Gasteiger charge is 2.35. The number of piperidine rings is 1. The SMILES string of the molecule is COc1ccc(OC)c(NC(=O)NC2CCN(C(=O)C3CC3)CC2)c1. The van der Waals surface area contributed by atoms with E-state index in [1.165, 1.54) is 0 Å². The van der Waals surface area contributed by atoms with Crippen molar-refractivity contribution >= 4 is 17.6 Å². The predicted molar refractivity (Wildman–Crippen MR) is 94.0 cm³/mol. The average Bonchev–Trinajstić information content (AvgIpc) is 3.46. The first-order valence-electron chi connectivity index (χ1n) is 8.69. The Bertz CT molecular complexity index is 637. The second kappa shape index (κ2) is 7.63. The standard InChI is InChI=1S/C18H25N3O4/c1-24-14-5-6-16(25-2)15(11-14)20-18(23)19-13-7-9-21(10-8-13)17(22)12-3-4-12/h5-6,11-13H,3-4,7-10H2,1-2H3,(H2,19,20,23). The molecular formula is C18H25N3O4. The van der Waals surface area contributed by atoms with Crippen molar-refractivity contribution in [1.29, 1.82) is 0 Å². The van der Waals surface area contributed by atoms with Crippen LogP contribution in [-0.2, 0) is 4.79 Å². The second-order valence-electron chi connectivity index (χ2n) is 6.54. The monoisotopic (exact) mass is 347 g/mol. The molecule has 1 aliphatic carbocycles. The van der Waals surface area contributed by atoms with Crippen LogP contribution in [0, 0.1) is 5.92 Å². The molecule has 0 atom stereocenters. The molecule has 0 aromatic heterocycles. The normalized spacial score (nSPS) is 17.8. The molecule has 1 aromatic carbocycles. The summed E-state index contributed by atoms with van der Waals surface area (Å²) >= 11 is 0. The summed E-state index contributed by atoms with van der Waals surface area (Å²) in [7, 11) is 3.12. The molecule has 1 saturated heterocycles. The highest BCUT2D eigenvalue weighted by Crippen LogP contribution is 2.32. The van der Waals surface area contributed by atoms with E-state index in [1.54, 1.807) is 32.4 Å². The van der Waals surface area contributed by atoms with Gasteiger partial charge in [-0.25, -0.2) is 4.79 Å². The lowest BCUT2D eigenvalue weighted by molar-refractivity contribution is -0.133. The van der Waals surface area contributed by atoms with Crippen molar-refractivity contribution in [2.24, 2.45) is 5.92 Å². The number of benzene rings is 1. The van der Waals surface area contributed by atoms with Gasteiger partial charge in [-0.3, -0.25) is 4.79 Å². The first kappa shape index (κ1) is 17.4. The molecule has 0 bridgehead atoms. The van der Waals surface area contributed by atoms with Crippen LogP contribution in [0.15, 0.2) is 18.2 Å². The summed E-state index contributed by atoms with van der Waals surface area (Å²) in [6, 6.07) is 5.03. The molecule has 25 heavy (non-hydrogen) atoms. The molecule has 7 nitrogen and oxygen atoms in total. The number of likely N-dealkylation sites (tertiary alicyclic amines) is 1. The molecule has 2 aliphatic rings. The van der Waals surface area contributed by atoms with E-state index in [2.05, 4.69) is 10.6 Å². The van der Waals surface area contributed by atoms with Gasteiger partial charge in [0.25, 0.3) is 0 Å². The number of amides is 3. The molecule has 0 unspecified atom stereocenters. The Morgan fingerprint density at radius 1 is 1.08 bits per heavy atom. The van der Waals surface area contributed by atoms with Crippen LogP contribution in [0.2, 0.25) is 0 Å². The number of hydrogen-bond acceptors (Lipinski definition) is 4. The number of ether oxygens (including phenoxy) is 2. The number of rotatable bonds is 5. The van der Waals surface area contributed by atoms with Crippen LogP contribution in [0.1, 0.15) is 25.7 Å². The Morgan fingerprint density at radius 2 is 1.80 bits per heavy atom. The molecule has 0 spiro atoms. The van der Waals surface area contributed by atoms with Gasteiger partial charge >= 0.3 is 6.03 Å².